The zero-order valence-corrected chi connectivity index (χ0v) is 17.4. The van der Waals surface area contributed by atoms with Crippen LogP contribution in [0.3, 0.4) is 0 Å². The van der Waals surface area contributed by atoms with Crippen molar-refractivity contribution in [3.8, 4) is 0 Å². The molecule has 2 aromatic carbocycles. The number of anilines is 2. The lowest BCUT2D eigenvalue weighted by atomic mass is 10.1. The second-order valence-electron chi connectivity index (χ2n) is 6.92. The number of benzene rings is 2. The van der Waals surface area contributed by atoms with E-state index in [1.165, 1.54) is 29.3 Å². The standard InChI is InChI=1S/C21H23N3O4S/c1-4-29(27,28)17-9-7-16(8-10-17)22-21(26)18-11-12-20(25)24(23-18)19-13-14(2)5-6-15(19)3/h5-10,13H,4,11-12H2,1-3H3,(H,22,26). The van der Waals surface area contributed by atoms with Crippen LogP contribution in [-0.2, 0) is 19.4 Å². The number of carbonyl (C=O) groups excluding carboxylic acids is 2. The van der Waals surface area contributed by atoms with Crippen LogP contribution in [0.4, 0.5) is 11.4 Å². The molecule has 2 amide bonds. The molecule has 152 valence electrons. The Kier molecular flexibility index (Phi) is 5.83. The monoisotopic (exact) mass is 413 g/mol. The van der Waals surface area contributed by atoms with Gasteiger partial charge in [-0.3, -0.25) is 9.59 Å². The van der Waals surface area contributed by atoms with Crippen molar-refractivity contribution in [2.24, 2.45) is 5.10 Å². The van der Waals surface area contributed by atoms with Crippen molar-refractivity contribution in [1.82, 2.24) is 0 Å². The smallest absolute Gasteiger partial charge is 0.271 e. The lowest BCUT2D eigenvalue weighted by molar-refractivity contribution is -0.118. The Bertz CT molecular complexity index is 1090. The first-order valence-corrected chi connectivity index (χ1v) is 11.0. The van der Waals surface area contributed by atoms with E-state index in [0.29, 0.717) is 11.4 Å². The number of carbonyl (C=O) groups is 2. The molecule has 3 rings (SSSR count). The summed E-state index contributed by atoms with van der Waals surface area (Å²) < 4.78 is 23.8. The SMILES string of the molecule is CCS(=O)(=O)c1ccc(NC(=O)C2=NN(c3cc(C)ccc3C)C(=O)CC2)cc1. The molecular formula is C21H23N3O4S. The third kappa shape index (κ3) is 4.54. The van der Waals surface area contributed by atoms with Crippen LogP contribution in [0.2, 0.25) is 0 Å². The number of hydrogen-bond acceptors (Lipinski definition) is 5. The van der Waals surface area contributed by atoms with Crippen molar-refractivity contribution in [2.45, 2.75) is 38.5 Å². The predicted molar refractivity (Wildman–Crippen MR) is 113 cm³/mol. The predicted octanol–water partition coefficient (Wildman–Crippen LogP) is 3.22. The number of rotatable bonds is 5. The summed E-state index contributed by atoms with van der Waals surface area (Å²) in [7, 11) is -3.30. The van der Waals surface area contributed by atoms with Gasteiger partial charge in [0.25, 0.3) is 5.91 Å². The van der Waals surface area contributed by atoms with E-state index in [-0.39, 0.29) is 35.1 Å². The molecule has 0 radical (unpaired) electrons. The zero-order valence-electron chi connectivity index (χ0n) is 16.6. The lowest BCUT2D eigenvalue weighted by Gasteiger charge is -2.24. The van der Waals surface area contributed by atoms with Gasteiger partial charge < -0.3 is 5.32 Å². The van der Waals surface area contributed by atoms with Gasteiger partial charge in [-0.25, -0.2) is 13.4 Å². The van der Waals surface area contributed by atoms with Crippen LogP contribution in [-0.4, -0.2) is 31.7 Å². The maximum Gasteiger partial charge on any atom is 0.271 e. The molecule has 0 atom stereocenters. The van der Waals surface area contributed by atoms with Crippen molar-refractivity contribution >= 4 is 38.7 Å². The zero-order chi connectivity index (χ0) is 21.2. The maximum atomic E-state index is 12.6. The summed E-state index contributed by atoms with van der Waals surface area (Å²) in [5, 5.41) is 8.30. The third-order valence-corrected chi connectivity index (χ3v) is 6.49. The minimum absolute atomic E-state index is 0.0117. The average Bonchev–Trinajstić information content (AvgIpc) is 2.70. The van der Waals surface area contributed by atoms with Gasteiger partial charge in [-0.05, 0) is 55.3 Å². The minimum Gasteiger partial charge on any atom is -0.321 e. The highest BCUT2D eigenvalue weighted by Gasteiger charge is 2.26. The van der Waals surface area contributed by atoms with E-state index in [9.17, 15) is 18.0 Å². The second-order valence-corrected chi connectivity index (χ2v) is 9.20. The second kappa shape index (κ2) is 8.16. The highest BCUT2D eigenvalue weighted by atomic mass is 32.2. The highest BCUT2D eigenvalue weighted by molar-refractivity contribution is 7.91. The number of nitrogens with zero attached hydrogens (tertiary/aromatic N) is 2. The van der Waals surface area contributed by atoms with Crippen LogP contribution in [0.25, 0.3) is 0 Å². The van der Waals surface area contributed by atoms with Crippen LogP contribution in [0.1, 0.15) is 30.9 Å². The Morgan fingerprint density at radius 2 is 1.79 bits per heavy atom. The number of hydrogen-bond donors (Lipinski definition) is 1. The van der Waals surface area contributed by atoms with Crippen LogP contribution in [0.5, 0.6) is 0 Å². The molecule has 1 aliphatic rings. The Labute approximate surface area is 170 Å². The van der Waals surface area contributed by atoms with Gasteiger partial charge in [0, 0.05) is 18.5 Å². The van der Waals surface area contributed by atoms with Crippen LogP contribution < -0.4 is 10.3 Å². The van der Waals surface area contributed by atoms with E-state index >= 15 is 0 Å². The molecule has 1 N–H and O–H groups in total. The largest absolute Gasteiger partial charge is 0.321 e. The quantitative estimate of drug-likeness (QED) is 0.814. The van der Waals surface area contributed by atoms with Gasteiger partial charge in [0.1, 0.15) is 5.71 Å². The van der Waals surface area contributed by atoms with Crippen LogP contribution in [0, 0.1) is 13.8 Å². The molecule has 0 spiro atoms. The summed E-state index contributed by atoms with van der Waals surface area (Å²) in [5.74, 6) is -0.569. The van der Waals surface area contributed by atoms with Crippen molar-refractivity contribution in [2.75, 3.05) is 16.1 Å². The van der Waals surface area contributed by atoms with Gasteiger partial charge in [0.15, 0.2) is 9.84 Å². The molecule has 0 saturated carbocycles. The summed E-state index contributed by atoms with van der Waals surface area (Å²) in [5.41, 5.74) is 3.25. The first kappa shape index (κ1) is 20.7. The molecule has 29 heavy (non-hydrogen) atoms. The van der Waals surface area contributed by atoms with Gasteiger partial charge in [0.05, 0.1) is 16.3 Å². The van der Waals surface area contributed by atoms with E-state index in [0.717, 1.165) is 11.1 Å². The van der Waals surface area contributed by atoms with Crippen LogP contribution >= 0.6 is 0 Å². The molecule has 8 heteroatoms. The van der Waals surface area contributed by atoms with Crippen molar-refractivity contribution in [1.29, 1.82) is 0 Å². The first-order valence-electron chi connectivity index (χ1n) is 9.33. The molecule has 0 aromatic heterocycles. The molecule has 1 aliphatic heterocycles. The van der Waals surface area contributed by atoms with E-state index in [4.69, 9.17) is 0 Å². The van der Waals surface area contributed by atoms with Gasteiger partial charge in [0.2, 0.25) is 5.91 Å². The maximum absolute atomic E-state index is 12.6. The molecule has 0 aliphatic carbocycles. The number of nitrogens with one attached hydrogen (secondary N) is 1. The highest BCUT2D eigenvalue weighted by Crippen LogP contribution is 2.25. The molecule has 0 unspecified atom stereocenters. The van der Waals surface area contributed by atoms with Gasteiger partial charge >= 0.3 is 0 Å². The van der Waals surface area contributed by atoms with E-state index in [1.807, 2.05) is 32.0 Å². The fraction of sp³-hybridized carbons (Fsp3) is 0.286. The molecule has 1 heterocycles. The topological polar surface area (TPSA) is 95.9 Å². The third-order valence-electron chi connectivity index (χ3n) is 4.74. The Morgan fingerprint density at radius 3 is 2.45 bits per heavy atom. The van der Waals surface area contributed by atoms with Crippen molar-refractivity contribution in [3.05, 3.63) is 53.6 Å². The number of hydrazone groups is 1. The summed E-state index contributed by atoms with van der Waals surface area (Å²) in [6, 6.07) is 11.7. The van der Waals surface area contributed by atoms with Gasteiger partial charge in [-0.2, -0.15) is 5.10 Å². The normalized spacial score (nSPS) is 14.5. The molecular weight excluding hydrogens is 390 g/mol. The lowest BCUT2D eigenvalue weighted by Crippen LogP contribution is -2.36. The van der Waals surface area contributed by atoms with E-state index < -0.39 is 15.7 Å². The number of aryl methyl sites for hydroxylation is 2. The molecule has 2 aromatic rings. The average molecular weight is 413 g/mol. The fourth-order valence-corrected chi connectivity index (χ4v) is 3.85. The summed E-state index contributed by atoms with van der Waals surface area (Å²) >= 11 is 0. The molecule has 0 fully saturated rings. The van der Waals surface area contributed by atoms with Crippen molar-refractivity contribution < 1.29 is 18.0 Å². The Hall–Kier alpha value is -3.00. The Balaban J connectivity index is 1.82. The van der Waals surface area contributed by atoms with E-state index in [2.05, 4.69) is 10.4 Å². The fourth-order valence-electron chi connectivity index (χ4n) is 2.97. The summed E-state index contributed by atoms with van der Waals surface area (Å²) in [6.45, 7) is 5.39. The van der Waals surface area contributed by atoms with Crippen molar-refractivity contribution in [3.63, 3.8) is 0 Å². The molecule has 0 bridgehead atoms. The molecule has 0 saturated heterocycles. The summed E-state index contributed by atoms with van der Waals surface area (Å²) in [4.78, 5) is 25.2. The van der Waals surface area contributed by atoms with Gasteiger partial charge in [-0.15, -0.1) is 0 Å². The number of amides is 2. The number of sulfone groups is 1. The first-order chi connectivity index (χ1) is 13.7. The summed E-state index contributed by atoms with van der Waals surface area (Å²) in [6.07, 6.45) is 0.432. The van der Waals surface area contributed by atoms with Gasteiger partial charge in [-0.1, -0.05) is 19.1 Å². The minimum atomic E-state index is -3.30. The Morgan fingerprint density at radius 1 is 1.10 bits per heavy atom. The van der Waals surface area contributed by atoms with Crippen LogP contribution in [0.15, 0.2) is 52.5 Å². The van der Waals surface area contributed by atoms with E-state index in [1.54, 1.807) is 6.92 Å². The molecule has 7 nitrogen and oxygen atoms in total.